The van der Waals surface area contributed by atoms with Crippen molar-refractivity contribution in [3.8, 4) is 23.0 Å². The number of hydrogen-bond acceptors (Lipinski definition) is 40. The molecule has 0 spiro atoms. The number of carbonyl (C=O) groups excluding carboxylic acids is 4. The number of rotatable bonds is 20. The fraction of sp³-hybridized carbons (Fsp3) is 0.353. The lowest BCUT2D eigenvalue weighted by atomic mass is 10.1. The molecule has 4 aromatic heterocycles. The zero-order chi connectivity index (χ0) is 95.0. The van der Waals surface area contributed by atoms with Crippen LogP contribution in [0, 0.1) is 19.1 Å². The molecule has 8 aliphatic heterocycles. The Labute approximate surface area is 717 Å². The minimum atomic E-state index is -4.82. The molecule has 664 valence electrons. The van der Waals surface area contributed by atoms with Crippen LogP contribution in [0.4, 0.5) is 17.6 Å². The number of H-pyrrole nitrogens is 4. The molecule has 4 aromatic carbocycles. The second-order valence-electron chi connectivity index (χ2n) is 26.4. The Morgan fingerprint density at radius 3 is 0.960 bits per heavy atom. The summed E-state index contributed by atoms with van der Waals surface area (Å²) in [5.41, 5.74) is -3.27. The predicted octanol–water partition coefficient (Wildman–Crippen LogP) is 5.47. The van der Waals surface area contributed by atoms with E-state index in [-0.39, 0.29) is 84.9 Å². The Balaban J connectivity index is 0.000000148. The summed E-state index contributed by atoms with van der Waals surface area (Å²) in [6.45, 7) is -10.8. The van der Waals surface area contributed by atoms with Gasteiger partial charge in [-0.25, -0.2) is 35.8 Å². The molecule has 8 aromatic rings. The van der Waals surface area contributed by atoms with E-state index < -0.39 is 208 Å². The van der Waals surface area contributed by atoms with E-state index in [1.54, 1.807) is 66.7 Å². The maximum atomic E-state index is 15.9. The number of aromatic amines is 4. The van der Waals surface area contributed by atoms with E-state index in [0.29, 0.717) is 37.6 Å². The lowest BCUT2D eigenvalue weighted by Crippen LogP contribution is -2.43. The molecule has 4 unspecified atom stereocenters. The minimum Gasteiger partial charge on any atom is -0.404 e. The van der Waals surface area contributed by atoms with Crippen LogP contribution in [0.25, 0.3) is 0 Å². The van der Waals surface area contributed by atoms with Gasteiger partial charge in [0.15, 0.2) is 69.1 Å². The highest BCUT2D eigenvalue weighted by Gasteiger charge is 2.62. The number of benzene rings is 4. The van der Waals surface area contributed by atoms with Gasteiger partial charge in [0.05, 0.1) is 56.9 Å². The van der Waals surface area contributed by atoms with Crippen LogP contribution in [-0.4, -0.2) is 203 Å². The first-order valence-electron chi connectivity index (χ1n) is 37.8. The maximum absolute atomic E-state index is 15.9. The van der Waals surface area contributed by atoms with E-state index in [1.165, 1.54) is 30.3 Å². The summed E-state index contributed by atoms with van der Waals surface area (Å²) >= 11 is 19.6. The molecule has 8 aliphatic rings. The van der Waals surface area contributed by atoms with Crippen LogP contribution in [0.1, 0.15) is 96.8 Å². The smallest absolute Gasteiger partial charge is 0.404 e. The minimum absolute atomic E-state index is 0.0180. The van der Waals surface area contributed by atoms with E-state index in [4.69, 9.17) is 130 Å². The number of alkyl halides is 4. The summed E-state index contributed by atoms with van der Waals surface area (Å²) in [6, 6.07) is 25.4. The number of aliphatic hydroxyl groups excluding tert-OH is 8. The first kappa shape index (κ1) is 84.5. The number of phosphoric acid groups is 4. The molecule has 124 heavy (non-hydrogen) atoms. The number of fused-ring (bicyclic) bond motifs is 4. The molecule has 0 radical (unpaired) electrons. The van der Waals surface area contributed by atoms with Crippen molar-refractivity contribution in [2.24, 2.45) is 0 Å². The van der Waals surface area contributed by atoms with Crippen LogP contribution in [-0.2, 0) is 99.8 Å². The number of halogens is 4. The van der Waals surface area contributed by atoms with E-state index in [1.807, 2.05) is 4.98 Å². The van der Waals surface area contributed by atoms with Crippen LogP contribution >= 0.6 is 80.2 Å². The number of ether oxygens (including phenoxy) is 4. The first-order valence-corrected chi connectivity index (χ1v) is 42.3. The first-order chi connectivity index (χ1) is 60.8. The van der Waals surface area contributed by atoms with Gasteiger partial charge in [0.1, 0.15) is 98.2 Å². The van der Waals surface area contributed by atoms with Crippen molar-refractivity contribution in [3.63, 3.8) is 0 Å². The summed E-state index contributed by atoms with van der Waals surface area (Å²) in [4.78, 5) is 99.3. The van der Waals surface area contributed by atoms with Crippen molar-refractivity contribution in [3.05, 3.63) is 227 Å². The highest BCUT2D eigenvalue weighted by Crippen LogP contribution is 2.60. The lowest BCUT2D eigenvalue weighted by Gasteiger charge is -2.28. The molecular formula is C68H64F4N8O36P4S4. The molecule has 0 bridgehead atoms. The molecule has 4 fully saturated rings. The number of para-hydroxylation sites is 4. The van der Waals surface area contributed by atoms with Crippen molar-refractivity contribution in [2.75, 3.05) is 26.3 Å². The Bertz CT molecular complexity index is 6560. The quantitative estimate of drug-likeness (QED) is 0.0195. The number of aliphatic hydroxyl groups is 8. The van der Waals surface area contributed by atoms with E-state index in [2.05, 4.69) is 15.0 Å². The molecule has 20 atom stereocenters. The molecule has 16 rings (SSSR count). The summed E-state index contributed by atoms with van der Waals surface area (Å²) in [7, 11) is -18.1. The number of aldehydes is 4. The Morgan fingerprint density at radius 2 is 0.637 bits per heavy atom. The second kappa shape index (κ2) is 36.8. The fourth-order valence-electron chi connectivity index (χ4n) is 11.8. The number of nitrogens with one attached hydrogen (secondary N) is 4. The summed E-state index contributed by atoms with van der Waals surface area (Å²) in [5.74, 6) is -13.7. The standard InChI is InChI=1S/4C17H16FN2O9PS/c4*18-17(8-27-30(25)26-7-9-3-1-2-4-11(9)29-30)13(23)12(22)15(28-17)20-5-10(6-21)14(24)19-16(20)31/h4*1-6,12-13,15,22-23H,7-8H2,(H,19,24,31)/t4*12-,13+,15-,17-,30?/m1111/s1/i8D2,15D;15D;8D2;. The third-order valence-electron chi connectivity index (χ3n) is 18.3. The van der Waals surface area contributed by atoms with Gasteiger partial charge in [-0.2, -0.15) is 0 Å². The zero-order valence-corrected chi connectivity index (χ0v) is 68.4. The lowest BCUT2D eigenvalue weighted by molar-refractivity contribution is -0.205. The number of aromatic nitrogens is 8. The monoisotopic (exact) mass is 1900 g/mol. The molecule has 12 heterocycles. The Morgan fingerprint density at radius 1 is 0.395 bits per heavy atom. The number of phosphoric ester groups is 4. The topological polar surface area (TPSA) is 597 Å². The molecule has 12 N–H and O–H groups in total. The van der Waals surface area contributed by atoms with Crippen molar-refractivity contribution in [1.82, 2.24) is 38.2 Å². The van der Waals surface area contributed by atoms with Gasteiger partial charge < -0.3 is 77.9 Å². The number of nitrogens with zero attached hydrogens (tertiary/aromatic N) is 4. The Kier molecular flexibility index (Phi) is 25.0. The van der Waals surface area contributed by atoms with Crippen LogP contribution in [0.2, 0.25) is 0 Å². The van der Waals surface area contributed by atoms with Gasteiger partial charge in [-0.3, -0.25) is 113 Å². The average Bonchev–Trinajstić information content (AvgIpc) is 1.55. The highest BCUT2D eigenvalue weighted by molar-refractivity contribution is 7.71. The van der Waals surface area contributed by atoms with Crippen LogP contribution in [0.15, 0.2) is 141 Å². The van der Waals surface area contributed by atoms with Gasteiger partial charge in [-0.15, -0.1) is 0 Å². The SMILES string of the molecule is O=Cc1cn([C@@H]2O[C@](F)(COP3(=O)OCc4ccccc4O3)[C@@H](O)[C@H]2O)c(=S)[nH]c1=O.[2H]C([2H])(OP1(=O)OCc2ccccc2O1)[C@@]1(F)O[C@@H](n2cc(C=O)c(=O)[nH]c2=S)[C@H](O)[C@@H]1O.[2H]C([2H])(OP1(=O)OCc2ccccc2O1)[C@@]1(F)O[C@@]([2H])(n2cc(C=O)c(=O)[nH]c2=S)[C@H](O)[C@@H]1O.[2H][C@@]1(n2cc(C=O)c(=O)[nH]c2=S)O[C@](F)(COP2(=O)OCc3ccccc3O2)[C@@H](O)[C@H]1O. The fourth-order valence-corrected chi connectivity index (χ4v) is 17.4. The molecule has 0 amide bonds. The Hall–Kier alpha value is -9.00. The second-order valence-corrected chi connectivity index (χ2v) is 34.2. The number of carbonyl (C=O) groups is 4. The van der Waals surface area contributed by atoms with Crippen molar-refractivity contribution >= 4 is 105 Å². The number of hydrogen-bond donors (Lipinski definition) is 12. The van der Waals surface area contributed by atoms with Crippen LogP contribution < -0.4 is 40.3 Å². The van der Waals surface area contributed by atoms with Gasteiger partial charge in [0, 0.05) is 47.0 Å². The van der Waals surface area contributed by atoms with E-state index in [0.717, 1.165) is 27.7 Å². The third kappa shape index (κ3) is 19.3. The van der Waals surface area contributed by atoms with Gasteiger partial charge in [0.25, 0.3) is 45.7 Å². The largest absolute Gasteiger partial charge is 0.530 e. The normalized spacial score (nSPS) is 34.4. The molecule has 56 heteroatoms. The summed E-state index contributed by atoms with van der Waals surface area (Å²) in [5, 5.41) is 82.5. The van der Waals surface area contributed by atoms with Gasteiger partial charge >= 0.3 is 31.3 Å². The predicted molar refractivity (Wildman–Crippen MR) is 411 cm³/mol. The van der Waals surface area contributed by atoms with Crippen molar-refractivity contribution in [2.45, 2.75) is 124 Å². The highest BCUT2D eigenvalue weighted by atomic mass is 32.1. The van der Waals surface area contributed by atoms with Gasteiger partial charge in [-0.1, -0.05) is 72.8 Å². The van der Waals surface area contributed by atoms with Crippen LogP contribution in [0.5, 0.6) is 23.0 Å². The molecule has 44 nitrogen and oxygen atoms in total. The van der Waals surface area contributed by atoms with Gasteiger partial charge in [0.2, 0.25) is 0 Å². The summed E-state index contributed by atoms with van der Waals surface area (Å²) < 4.78 is 243. The van der Waals surface area contributed by atoms with Crippen molar-refractivity contribution in [1.29, 1.82) is 0 Å². The van der Waals surface area contributed by atoms with E-state index >= 15 is 17.6 Å². The zero-order valence-electron chi connectivity index (χ0n) is 67.6. The third-order valence-corrected chi connectivity index (χ3v) is 24.5. The molecule has 4 saturated heterocycles. The van der Waals surface area contributed by atoms with Gasteiger partial charge in [-0.05, 0) is 73.1 Å². The molecule has 0 aliphatic carbocycles. The van der Waals surface area contributed by atoms with Crippen LogP contribution in [0.3, 0.4) is 0 Å². The molecule has 0 saturated carbocycles. The average molecular weight is 1900 g/mol. The maximum Gasteiger partial charge on any atom is 0.530 e. The van der Waals surface area contributed by atoms with Crippen molar-refractivity contribution < 1.29 is 177 Å². The summed E-state index contributed by atoms with van der Waals surface area (Å²) in [6.07, 6.45) is -24.3. The molecular weight excluding hydrogens is 1830 g/mol. The van der Waals surface area contributed by atoms with E-state index in [9.17, 15) is 97.5 Å².